The van der Waals surface area contributed by atoms with Crippen LogP contribution in [-0.2, 0) is 58.3 Å². The molecule has 0 aliphatic carbocycles. The molecule has 0 radical (unpaired) electrons. The zero-order valence-corrected chi connectivity index (χ0v) is 48.6. The van der Waals surface area contributed by atoms with Gasteiger partial charge in [-0.05, 0) is 74.9 Å². The van der Waals surface area contributed by atoms with Crippen LogP contribution in [0.2, 0.25) is 0 Å². The van der Waals surface area contributed by atoms with Gasteiger partial charge >= 0.3 is 12.1 Å². The molecule has 412 valence electrons. The van der Waals surface area contributed by atoms with Crippen LogP contribution in [0.1, 0.15) is 27.7 Å². The summed E-state index contributed by atoms with van der Waals surface area (Å²) in [6.45, 7) is 6.02. The molecule has 26 heteroatoms. The second-order valence-corrected chi connectivity index (χ2v) is 23.9. The lowest BCUT2D eigenvalue weighted by molar-refractivity contribution is -0.142. The summed E-state index contributed by atoms with van der Waals surface area (Å²) in [5.41, 5.74) is 0.979. The summed E-state index contributed by atoms with van der Waals surface area (Å²) in [4.78, 5) is 89.7. The molecule has 0 aromatic heterocycles. The Morgan fingerprint density at radius 2 is 1.16 bits per heavy atom. The second kappa shape index (κ2) is 27.4. The molecule has 2 atom stereocenters. The van der Waals surface area contributed by atoms with Crippen LogP contribution in [0.25, 0.3) is 21.5 Å². The van der Waals surface area contributed by atoms with Gasteiger partial charge in [-0.15, -0.1) is 11.8 Å². The van der Waals surface area contributed by atoms with E-state index in [1.165, 1.54) is 18.2 Å². The van der Waals surface area contributed by atoms with E-state index >= 15 is 0 Å². The third-order valence-electron chi connectivity index (χ3n) is 11.1. The van der Waals surface area contributed by atoms with Crippen LogP contribution in [0.4, 0.5) is 16.2 Å². The van der Waals surface area contributed by atoms with E-state index in [1.54, 1.807) is 71.1 Å². The lowest BCUT2D eigenvalue weighted by Crippen LogP contribution is -2.45. The molecule has 0 spiro atoms. The number of amides is 5. The number of thiol groups is 1. The molecule has 4 aromatic carbocycles. The fourth-order valence-electron chi connectivity index (χ4n) is 7.36. The van der Waals surface area contributed by atoms with Crippen molar-refractivity contribution >= 4 is 135 Å². The summed E-state index contributed by atoms with van der Waals surface area (Å²) >= 11 is 7.84. The Balaban J connectivity index is 0.000000304. The molecule has 0 unspecified atom stereocenters. The number of carbonyl (C=O) groups excluding carboxylic acids is 7. The maximum Gasteiger partial charge on any atom is 0.408 e. The van der Waals surface area contributed by atoms with Crippen molar-refractivity contribution < 1.29 is 59.9 Å². The number of nitrogens with zero attached hydrogens (tertiary/aromatic N) is 4. The number of rotatable bonds is 20. The number of fused-ring (bicyclic) bond motifs is 2. The number of ketones is 1. The first-order valence-corrected chi connectivity index (χ1v) is 28.6. The number of carbonyl (C=O) groups is 7. The highest BCUT2D eigenvalue weighted by atomic mass is 79.9. The van der Waals surface area contributed by atoms with Gasteiger partial charge in [0.05, 0.1) is 32.3 Å². The average molecular weight is 1190 g/mol. The Hall–Kier alpha value is -5.87. The highest BCUT2D eigenvalue weighted by Crippen LogP contribution is 2.32. The summed E-state index contributed by atoms with van der Waals surface area (Å²) in [7, 11) is 2.64. The zero-order chi connectivity index (χ0) is 56.9. The van der Waals surface area contributed by atoms with Crippen LogP contribution >= 0.6 is 40.3 Å². The number of methoxy groups -OCH3 is 1. The van der Waals surface area contributed by atoms with Crippen molar-refractivity contribution in [1.29, 1.82) is 0 Å². The van der Waals surface area contributed by atoms with Crippen molar-refractivity contribution in [1.82, 2.24) is 29.9 Å². The molecule has 5 amide bonds. The molecule has 4 aromatic rings. The standard InChI is InChI=1S/C27H34N4O8S2.C18H18BrN3O4S.C5H11NOS/c1-27(2,3)39-26(35)29-19(25(34)38-6)16-40-21-15-23(32)31(24(21)33)14-13-28-41(36,37)22-12-8-9-17-18(22)10-7-11-20(17)30(4)5;1-21(2)15-7-3-6-13-12(15)5-4-8-16(13)27(25,26)20-9-10-22-17(23)11-14(19)18(22)24;1-4(7)5(3-8)6-2/h7-12,15,19,28H,13-14,16H2,1-6H3,(H,29,35);3-8,11,20H,9-10H2,1-2H3;5-6,8H,3H2,1-2H3/t19-;;5-/m0.0/s1. The topological polar surface area (TPSA) is 267 Å². The highest BCUT2D eigenvalue weighted by Gasteiger charge is 2.34. The first-order chi connectivity index (χ1) is 35.6. The fourth-order valence-corrected chi connectivity index (χ4v) is 11.7. The Labute approximate surface area is 461 Å². The smallest absolute Gasteiger partial charge is 0.408 e. The molecule has 21 nitrogen and oxygen atoms in total. The summed E-state index contributed by atoms with van der Waals surface area (Å²) in [5.74, 6) is -2.33. The highest BCUT2D eigenvalue weighted by molar-refractivity contribution is 9.12. The predicted molar refractivity (Wildman–Crippen MR) is 300 cm³/mol. The molecule has 0 bridgehead atoms. The van der Waals surface area contributed by atoms with Crippen molar-refractivity contribution in [3.63, 3.8) is 0 Å². The number of benzene rings is 4. The second-order valence-electron chi connectivity index (χ2n) is 18.1. The van der Waals surface area contributed by atoms with Crippen LogP contribution in [0.15, 0.2) is 104 Å². The lowest BCUT2D eigenvalue weighted by atomic mass is 10.1. The third kappa shape index (κ3) is 16.6. The van der Waals surface area contributed by atoms with Crippen molar-refractivity contribution in [2.45, 2.75) is 55.2 Å². The maximum atomic E-state index is 13.2. The number of alkyl carbamates (subject to hydrolysis) is 1. The van der Waals surface area contributed by atoms with Gasteiger partial charge in [-0.3, -0.25) is 33.8 Å². The van der Waals surface area contributed by atoms with Gasteiger partial charge in [0, 0.05) is 111 Å². The van der Waals surface area contributed by atoms with Gasteiger partial charge < -0.3 is 29.9 Å². The minimum atomic E-state index is -3.97. The maximum absolute atomic E-state index is 13.2. The van der Waals surface area contributed by atoms with Crippen LogP contribution in [0.5, 0.6) is 0 Å². The van der Waals surface area contributed by atoms with E-state index in [-0.39, 0.29) is 62.9 Å². The van der Waals surface area contributed by atoms with Crippen molar-refractivity contribution in [2.24, 2.45) is 0 Å². The van der Waals surface area contributed by atoms with Gasteiger partial charge in [0.25, 0.3) is 23.6 Å². The zero-order valence-electron chi connectivity index (χ0n) is 43.6. The quantitative estimate of drug-likeness (QED) is 0.0472. The number of hydrogen-bond donors (Lipinski definition) is 5. The molecular formula is C50H63BrN8O13S4. The molecule has 4 N–H and O–H groups in total. The summed E-state index contributed by atoms with van der Waals surface area (Å²) in [6.07, 6.45) is 1.44. The molecule has 2 aliphatic heterocycles. The van der Waals surface area contributed by atoms with Crippen molar-refractivity contribution in [2.75, 3.05) is 89.8 Å². The Kier molecular flexibility index (Phi) is 22.6. The molecule has 0 saturated carbocycles. The lowest BCUT2D eigenvalue weighted by Gasteiger charge is -2.22. The summed E-state index contributed by atoms with van der Waals surface area (Å²) < 4.78 is 66.9. The van der Waals surface area contributed by atoms with Gasteiger partial charge in [-0.1, -0.05) is 48.5 Å². The molecule has 2 heterocycles. The summed E-state index contributed by atoms with van der Waals surface area (Å²) in [5, 5.41) is 7.96. The number of thioether (sulfide) groups is 1. The van der Waals surface area contributed by atoms with Crippen LogP contribution < -0.4 is 29.9 Å². The molecule has 0 saturated heterocycles. The third-order valence-corrected chi connectivity index (χ3v) is 16.1. The number of likely N-dealkylation sites (N-methyl/N-ethyl adjacent to an activating group) is 1. The number of halogens is 1. The number of esters is 1. The number of Topliss-reactive ketones (excluding diaryl/α,β-unsaturated/α-hetero) is 1. The van der Waals surface area contributed by atoms with Gasteiger partial charge in [-0.2, -0.15) is 12.6 Å². The Morgan fingerprint density at radius 3 is 1.54 bits per heavy atom. The summed E-state index contributed by atoms with van der Waals surface area (Å²) in [6, 6.07) is 19.7. The van der Waals surface area contributed by atoms with Crippen molar-refractivity contribution in [3.05, 3.63) is 94.3 Å². The molecule has 6 rings (SSSR count). The number of anilines is 2. The van der Waals surface area contributed by atoms with E-state index in [9.17, 15) is 50.4 Å². The van der Waals surface area contributed by atoms with E-state index in [2.05, 4.69) is 48.6 Å². The van der Waals surface area contributed by atoms with Crippen LogP contribution in [-0.4, -0.2) is 166 Å². The average Bonchev–Trinajstić information content (AvgIpc) is 3.76. The minimum absolute atomic E-state index is 0.0445. The van der Waals surface area contributed by atoms with Gasteiger partial charge in [0.2, 0.25) is 20.0 Å². The predicted octanol–water partition coefficient (Wildman–Crippen LogP) is 4.16. The van der Waals surface area contributed by atoms with Crippen LogP contribution in [0, 0.1) is 0 Å². The first kappa shape index (κ1) is 62.7. The van der Waals surface area contributed by atoms with E-state index in [1.807, 2.05) is 62.3 Å². The van der Waals surface area contributed by atoms with E-state index in [0.717, 1.165) is 56.9 Å². The Morgan fingerprint density at radius 1 is 0.711 bits per heavy atom. The minimum Gasteiger partial charge on any atom is -0.467 e. The van der Waals surface area contributed by atoms with E-state index < -0.39 is 67.4 Å². The normalized spacial score (nSPS) is 14.5. The van der Waals surface area contributed by atoms with Gasteiger partial charge in [-0.25, -0.2) is 35.9 Å². The first-order valence-electron chi connectivity index (χ1n) is 23.3. The van der Waals surface area contributed by atoms with Crippen molar-refractivity contribution in [3.8, 4) is 0 Å². The number of nitrogens with one attached hydrogen (secondary N) is 4. The fraction of sp³-hybridized carbons (Fsp3) is 0.380. The van der Waals surface area contributed by atoms with Gasteiger partial charge in [0.15, 0.2) is 0 Å². The van der Waals surface area contributed by atoms with Gasteiger partial charge in [0.1, 0.15) is 17.4 Å². The van der Waals surface area contributed by atoms with Crippen LogP contribution in [0.3, 0.4) is 0 Å². The monoisotopic (exact) mass is 1190 g/mol. The SMILES string of the molecule is CN(C)c1cccc2c(S(=O)(=O)NCCN3C(=O)C=C(Br)C3=O)cccc12.CN[C@@H](CS)C(C)=O.COC(=O)[C@H](CSC1=CC(=O)N(CCNS(=O)(=O)c2cccc3c(N(C)C)cccc23)C1=O)NC(=O)OC(C)(C)C. The van der Waals surface area contributed by atoms with E-state index in [4.69, 9.17) is 9.47 Å². The van der Waals surface area contributed by atoms with E-state index in [0.29, 0.717) is 16.5 Å². The number of imide groups is 2. The number of ether oxygens (including phenoxy) is 2. The number of sulfonamides is 2. The molecule has 76 heavy (non-hydrogen) atoms. The Bertz CT molecular complexity index is 3140. The molecule has 0 fully saturated rings. The largest absolute Gasteiger partial charge is 0.467 e. The molecule has 2 aliphatic rings. The number of hydrogen-bond acceptors (Lipinski definition) is 18. The molecular weight excluding hydrogens is 1130 g/mol.